The largest absolute Gasteiger partial charge is 0.444 e. The number of ether oxygens (including phenoxy) is 2. The number of alkyl carbamates (subject to hydrolysis) is 1. The van der Waals surface area contributed by atoms with Crippen molar-refractivity contribution >= 4 is 63.0 Å². The van der Waals surface area contributed by atoms with Gasteiger partial charge in [0.2, 0.25) is 27.7 Å². The Bertz CT molecular complexity index is 1790. The number of hydrogen-bond acceptors (Lipinski definition) is 10. The average molecular weight is 767 g/mol. The minimum atomic E-state index is -4.69. The quantitative estimate of drug-likeness (QED) is 0.105. The zero-order chi connectivity index (χ0) is 38.4. The molecular weight excluding hydrogens is 727 g/mol. The summed E-state index contributed by atoms with van der Waals surface area (Å²) < 4.78 is 66.7. The molecule has 0 radical (unpaired) electrons. The number of aliphatic imine (C=N–C) groups is 1. The van der Waals surface area contributed by atoms with Gasteiger partial charge in [-0.2, -0.15) is 13.5 Å². The van der Waals surface area contributed by atoms with Gasteiger partial charge in [-0.25, -0.2) is 22.9 Å². The Balaban J connectivity index is 1.93. The molecule has 4 N–H and O–H groups in total. The molecule has 5 amide bonds. The maximum atomic E-state index is 14.3. The van der Waals surface area contributed by atoms with Crippen molar-refractivity contribution in [3.63, 3.8) is 0 Å². The van der Waals surface area contributed by atoms with E-state index in [0.717, 1.165) is 4.90 Å². The topological polar surface area (TPSA) is 207 Å². The maximum absolute atomic E-state index is 14.3. The number of carbonyl (C=O) groups excluding carboxylic acids is 5. The zero-order valence-corrected chi connectivity index (χ0v) is 30.2. The van der Waals surface area contributed by atoms with Gasteiger partial charge in [0.25, 0.3) is 6.08 Å². The number of nitrogens with one attached hydrogen (secondary N) is 2. The number of nitrogens with zero attached hydrogens (tertiary/aromatic N) is 3. The molecular formula is C33H40F2N6O9S2. The van der Waals surface area contributed by atoms with Gasteiger partial charge in [0, 0.05) is 42.9 Å². The van der Waals surface area contributed by atoms with Crippen molar-refractivity contribution < 1.29 is 50.6 Å². The molecule has 0 bridgehead atoms. The number of hydrogen-bond donors (Lipinski definition) is 3. The van der Waals surface area contributed by atoms with Gasteiger partial charge in [-0.05, 0) is 48.8 Å². The molecule has 19 heteroatoms. The minimum Gasteiger partial charge on any atom is -0.444 e. The predicted molar refractivity (Wildman–Crippen MR) is 189 cm³/mol. The van der Waals surface area contributed by atoms with Crippen molar-refractivity contribution in [3.05, 3.63) is 60.0 Å². The highest BCUT2D eigenvalue weighted by Gasteiger charge is 2.35. The number of amidine groups is 1. The van der Waals surface area contributed by atoms with Crippen LogP contribution < -0.4 is 20.7 Å². The van der Waals surface area contributed by atoms with Crippen molar-refractivity contribution in [2.45, 2.75) is 63.3 Å². The highest BCUT2D eigenvalue weighted by atomic mass is 32.2. The van der Waals surface area contributed by atoms with Crippen LogP contribution in [-0.4, -0.2) is 81.5 Å². The molecule has 0 aliphatic carbocycles. The Hall–Kier alpha value is -5.01. The SMILES string of the molecule is C=CCOC(=O)N=C(N)OC(=O)NCCCC(NS(=O)(=O)c1cccc(-c2cccs2)c1N(C(=O)CC)C(=O)CC)C(=O)N1CCC(=C(F)F)CC1. The van der Waals surface area contributed by atoms with Crippen molar-refractivity contribution in [1.82, 2.24) is 14.9 Å². The molecule has 1 saturated heterocycles. The summed E-state index contributed by atoms with van der Waals surface area (Å²) >= 11 is 1.26. The third-order valence-corrected chi connectivity index (χ3v) is 10.0. The number of rotatable bonds is 14. The first-order valence-corrected chi connectivity index (χ1v) is 18.5. The number of benzene rings is 1. The van der Waals surface area contributed by atoms with Gasteiger partial charge in [0.1, 0.15) is 17.5 Å². The van der Waals surface area contributed by atoms with Gasteiger partial charge >= 0.3 is 18.2 Å². The summed E-state index contributed by atoms with van der Waals surface area (Å²) in [7, 11) is -4.69. The number of halogens is 2. The van der Waals surface area contributed by atoms with E-state index in [1.54, 1.807) is 23.6 Å². The number of anilines is 1. The lowest BCUT2D eigenvalue weighted by molar-refractivity contribution is -0.133. The predicted octanol–water partition coefficient (Wildman–Crippen LogP) is 4.66. The van der Waals surface area contributed by atoms with Gasteiger partial charge in [-0.1, -0.05) is 44.7 Å². The molecule has 1 aliphatic rings. The van der Waals surface area contributed by atoms with E-state index in [1.165, 1.54) is 48.3 Å². The van der Waals surface area contributed by atoms with E-state index in [1.807, 2.05) is 0 Å². The van der Waals surface area contributed by atoms with E-state index in [9.17, 15) is 41.2 Å². The highest BCUT2D eigenvalue weighted by Crippen LogP contribution is 2.39. The Morgan fingerprint density at radius 3 is 2.35 bits per heavy atom. The molecule has 1 aromatic carbocycles. The van der Waals surface area contributed by atoms with Crippen LogP contribution in [0.15, 0.2) is 69.9 Å². The number of piperidine rings is 1. The smallest absolute Gasteiger partial charge is 0.438 e. The van der Waals surface area contributed by atoms with Crippen LogP contribution in [0.5, 0.6) is 0 Å². The van der Waals surface area contributed by atoms with Crippen molar-refractivity contribution in [3.8, 4) is 10.4 Å². The summed E-state index contributed by atoms with van der Waals surface area (Å²) in [6.45, 7) is 5.93. The highest BCUT2D eigenvalue weighted by molar-refractivity contribution is 7.89. The van der Waals surface area contributed by atoms with E-state index in [0.29, 0.717) is 10.4 Å². The van der Waals surface area contributed by atoms with Crippen LogP contribution in [-0.2, 0) is 33.9 Å². The van der Waals surface area contributed by atoms with E-state index >= 15 is 0 Å². The number of nitrogens with two attached hydrogens (primary N) is 1. The Morgan fingerprint density at radius 1 is 1.10 bits per heavy atom. The Kier molecular flexibility index (Phi) is 15.6. The lowest BCUT2D eigenvalue weighted by Gasteiger charge is -2.32. The molecule has 0 saturated carbocycles. The van der Waals surface area contributed by atoms with E-state index < -0.39 is 63.0 Å². The number of likely N-dealkylation sites (tertiary alicyclic amines) is 1. The summed E-state index contributed by atoms with van der Waals surface area (Å²) in [5.74, 6) is -2.00. The summed E-state index contributed by atoms with van der Waals surface area (Å²) in [4.78, 5) is 69.4. The molecule has 0 spiro atoms. The van der Waals surface area contributed by atoms with Gasteiger partial charge in [-0.3, -0.25) is 14.4 Å². The molecule has 15 nitrogen and oxygen atoms in total. The zero-order valence-electron chi connectivity index (χ0n) is 28.6. The van der Waals surface area contributed by atoms with Crippen LogP contribution in [0, 0.1) is 0 Å². The molecule has 282 valence electrons. The molecule has 1 aliphatic heterocycles. The number of para-hydroxylation sites is 1. The molecule has 1 fully saturated rings. The fourth-order valence-corrected chi connectivity index (χ4v) is 7.28. The van der Waals surface area contributed by atoms with Gasteiger partial charge in [0.15, 0.2) is 0 Å². The summed E-state index contributed by atoms with van der Waals surface area (Å²) in [5, 5.41) is 4.09. The first-order valence-electron chi connectivity index (χ1n) is 16.2. The first-order chi connectivity index (χ1) is 24.7. The third kappa shape index (κ3) is 11.2. The molecule has 2 heterocycles. The number of imide groups is 1. The van der Waals surface area contributed by atoms with Crippen molar-refractivity contribution in [2.24, 2.45) is 10.7 Å². The number of amides is 5. The van der Waals surface area contributed by atoms with Gasteiger partial charge < -0.3 is 25.4 Å². The fraction of sp³-hybridized carbons (Fsp3) is 0.394. The van der Waals surface area contributed by atoms with E-state index in [-0.39, 0.29) is 76.0 Å². The molecule has 3 rings (SSSR count). The summed E-state index contributed by atoms with van der Waals surface area (Å²) in [5.41, 5.74) is 5.45. The number of thiophene rings is 1. The summed E-state index contributed by atoms with van der Waals surface area (Å²) in [6, 6.07) is 5.39. The second-order valence-corrected chi connectivity index (χ2v) is 13.7. The second kappa shape index (κ2) is 19.6. The summed E-state index contributed by atoms with van der Waals surface area (Å²) in [6.07, 6.45) is -3.43. The third-order valence-electron chi connectivity index (χ3n) is 7.61. The Labute approximate surface area is 303 Å². The lowest BCUT2D eigenvalue weighted by Crippen LogP contribution is -2.50. The first kappa shape index (κ1) is 41.4. The van der Waals surface area contributed by atoms with E-state index in [2.05, 4.69) is 26.3 Å². The minimum absolute atomic E-state index is 0.0125. The molecule has 1 atom stereocenters. The molecule has 2 aromatic rings. The second-order valence-electron chi connectivity index (χ2n) is 11.1. The number of carbonyl (C=O) groups is 5. The number of sulfonamides is 1. The standard InChI is InChI=1S/C33H40F2N6O9S2/c1-4-19-49-33(46)38-31(36)50-32(45)37-16-8-11-23(30(44)40-17-14-21(15-18-40)29(34)35)39-52(47,48)25-13-7-10-22(24-12-9-20-51-24)28(25)41(26(42)5-2)27(43)6-3/h4,7,9-10,12-13,20,23,39H,1,5-6,8,11,14-19H2,2-3H3,(H,37,45)(H2,36,38,46). The van der Waals surface area contributed by atoms with Crippen LogP contribution in [0.2, 0.25) is 0 Å². The molecule has 1 unspecified atom stereocenters. The molecule has 52 heavy (non-hydrogen) atoms. The van der Waals surface area contributed by atoms with Gasteiger partial charge in [-0.15, -0.1) is 16.3 Å². The Morgan fingerprint density at radius 2 is 1.77 bits per heavy atom. The van der Waals surface area contributed by atoms with Crippen molar-refractivity contribution in [2.75, 3.05) is 31.1 Å². The monoisotopic (exact) mass is 766 g/mol. The van der Waals surface area contributed by atoms with Crippen LogP contribution in [0.4, 0.5) is 24.1 Å². The van der Waals surface area contributed by atoms with E-state index in [4.69, 9.17) is 10.5 Å². The van der Waals surface area contributed by atoms with Crippen LogP contribution in [0.3, 0.4) is 0 Å². The average Bonchev–Trinajstić information content (AvgIpc) is 3.66. The normalized spacial score (nSPS) is 13.9. The van der Waals surface area contributed by atoms with Crippen molar-refractivity contribution in [1.29, 1.82) is 0 Å². The van der Waals surface area contributed by atoms with Crippen LogP contribution in [0.25, 0.3) is 10.4 Å². The molecule has 1 aromatic heterocycles. The maximum Gasteiger partial charge on any atom is 0.438 e. The van der Waals surface area contributed by atoms with Gasteiger partial charge in [0.05, 0.1) is 5.69 Å². The fourth-order valence-electron chi connectivity index (χ4n) is 5.10. The van der Waals surface area contributed by atoms with Crippen LogP contribution >= 0.6 is 11.3 Å². The lowest BCUT2D eigenvalue weighted by atomic mass is 10.0. The van der Waals surface area contributed by atoms with Crippen LogP contribution in [0.1, 0.15) is 52.4 Å².